The van der Waals surface area contributed by atoms with E-state index in [1.165, 1.54) is 31.2 Å². The van der Waals surface area contributed by atoms with Gasteiger partial charge in [0.05, 0.1) is 29.9 Å². The van der Waals surface area contributed by atoms with Gasteiger partial charge in [0.15, 0.2) is 10.5 Å². The van der Waals surface area contributed by atoms with Gasteiger partial charge in [0.2, 0.25) is 0 Å². The Labute approximate surface area is 290 Å². The normalized spacial score (nSPS) is 15.2. The van der Waals surface area contributed by atoms with Crippen molar-refractivity contribution in [3.63, 3.8) is 0 Å². The van der Waals surface area contributed by atoms with E-state index < -0.39 is 35.0 Å². The number of nitrogens with zero attached hydrogens (tertiary/aromatic N) is 2. The predicted octanol–water partition coefficient (Wildman–Crippen LogP) is 7.44. The van der Waals surface area contributed by atoms with Crippen LogP contribution in [0.3, 0.4) is 0 Å². The molecule has 228 valence electrons. The number of halogens is 7. The first kappa shape index (κ1) is 33.0. The van der Waals surface area contributed by atoms with Gasteiger partial charge in [0.25, 0.3) is 5.56 Å². The number of allylic oxidation sites excluding steroid dienone is 1. The number of fused-ring (bicyclic) bond motifs is 1. The van der Waals surface area contributed by atoms with Crippen LogP contribution >= 0.6 is 79.7 Å². The Balaban J connectivity index is 1.61. The van der Waals surface area contributed by atoms with E-state index in [9.17, 15) is 22.8 Å². The lowest BCUT2D eigenvalue weighted by atomic mass is 9.95. The van der Waals surface area contributed by atoms with Gasteiger partial charge in [-0.05, 0) is 111 Å². The van der Waals surface area contributed by atoms with Gasteiger partial charge in [-0.3, -0.25) is 9.36 Å². The largest absolute Gasteiger partial charge is 0.487 e. The number of ether oxygens (including phenoxy) is 2. The van der Waals surface area contributed by atoms with Crippen molar-refractivity contribution >= 4 is 91.8 Å². The second-order valence-corrected chi connectivity index (χ2v) is 13.5. The van der Waals surface area contributed by atoms with E-state index in [4.69, 9.17) is 32.7 Å². The quantitative estimate of drug-likeness (QED) is 0.143. The molecule has 2 heterocycles. The number of alkyl halides is 3. The van der Waals surface area contributed by atoms with Crippen LogP contribution in [0.15, 0.2) is 81.7 Å². The highest BCUT2D eigenvalue weighted by atomic mass is 127. The van der Waals surface area contributed by atoms with E-state index >= 15 is 0 Å². The van der Waals surface area contributed by atoms with Crippen molar-refractivity contribution in [3.05, 3.63) is 125 Å². The van der Waals surface area contributed by atoms with E-state index in [-0.39, 0.29) is 21.5 Å². The van der Waals surface area contributed by atoms with Crippen LogP contribution in [0, 0.1) is 7.14 Å². The molecular formula is C30H19Cl2F3I2N2O4S. The molecule has 0 unspecified atom stereocenters. The first-order chi connectivity index (χ1) is 20.9. The molecule has 0 aliphatic carbocycles. The van der Waals surface area contributed by atoms with Crippen molar-refractivity contribution in [1.29, 1.82) is 0 Å². The van der Waals surface area contributed by atoms with E-state index in [0.717, 1.165) is 28.6 Å². The van der Waals surface area contributed by atoms with Gasteiger partial charge in [-0.2, -0.15) is 13.2 Å². The van der Waals surface area contributed by atoms with Gasteiger partial charge in [-0.15, -0.1) is 0 Å². The van der Waals surface area contributed by atoms with Gasteiger partial charge in [0, 0.05) is 10.0 Å². The molecule has 0 N–H and O–H groups in total. The lowest BCUT2D eigenvalue weighted by molar-refractivity contribution is -0.140. The van der Waals surface area contributed by atoms with Crippen LogP contribution in [-0.2, 0) is 16.1 Å². The Kier molecular flexibility index (Phi) is 10.1. The number of aromatic nitrogens is 1. The minimum absolute atomic E-state index is 0.135. The molecule has 0 saturated carbocycles. The minimum Gasteiger partial charge on any atom is -0.487 e. The molecule has 14 heteroatoms. The molecule has 3 aromatic carbocycles. The summed E-state index contributed by atoms with van der Waals surface area (Å²) in [6.07, 6.45) is -3.41. The SMILES string of the molecule is CCOC(=O)C1=C(C(F)(F)F)N=c2s/c(=C\c3cc(I)c(OCc4ccc(Cl)cc4)c(I)c3)c(=O)n2[C@@H]1c1ccc(Cl)cc1. The number of esters is 1. The summed E-state index contributed by atoms with van der Waals surface area (Å²) in [6, 6.07) is 15.3. The zero-order chi connectivity index (χ0) is 31.8. The third kappa shape index (κ3) is 7.03. The summed E-state index contributed by atoms with van der Waals surface area (Å²) in [5, 5.41) is 0.961. The van der Waals surface area contributed by atoms with Gasteiger partial charge in [-0.25, -0.2) is 9.79 Å². The fraction of sp³-hybridized carbons (Fsp3) is 0.167. The second-order valence-electron chi connectivity index (χ2n) is 9.34. The summed E-state index contributed by atoms with van der Waals surface area (Å²) < 4.78 is 56.8. The van der Waals surface area contributed by atoms with E-state index in [1.807, 2.05) is 12.1 Å². The van der Waals surface area contributed by atoms with Crippen LogP contribution in [0.2, 0.25) is 10.0 Å². The van der Waals surface area contributed by atoms with Crippen LogP contribution < -0.4 is 19.6 Å². The smallest absolute Gasteiger partial charge is 0.434 e. The van der Waals surface area contributed by atoms with Crippen molar-refractivity contribution < 1.29 is 27.4 Å². The zero-order valence-electron chi connectivity index (χ0n) is 22.4. The van der Waals surface area contributed by atoms with Crippen LogP contribution in [-0.4, -0.2) is 23.3 Å². The molecule has 1 aliphatic rings. The Morgan fingerprint density at radius 2 is 1.64 bits per heavy atom. The average molecular weight is 885 g/mol. The van der Waals surface area contributed by atoms with E-state index in [1.54, 1.807) is 30.3 Å². The predicted molar refractivity (Wildman–Crippen MR) is 180 cm³/mol. The third-order valence-electron chi connectivity index (χ3n) is 6.40. The maximum absolute atomic E-state index is 14.3. The molecule has 4 aromatic rings. The second kappa shape index (κ2) is 13.5. The van der Waals surface area contributed by atoms with Crippen LogP contribution in [0.4, 0.5) is 13.2 Å². The summed E-state index contributed by atoms with van der Waals surface area (Å²) >= 11 is 17.0. The Hall–Kier alpha value is -2.40. The molecule has 0 spiro atoms. The van der Waals surface area contributed by atoms with Crippen molar-refractivity contribution in [2.45, 2.75) is 25.7 Å². The highest BCUT2D eigenvalue weighted by molar-refractivity contribution is 14.1. The Morgan fingerprint density at radius 1 is 1.05 bits per heavy atom. The standard InChI is InChI=1S/C30H19Cl2F3I2N2O4S/c1-2-42-28(41)23-24(17-5-9-19(32)10-6-17)39-27(40)22(44-29(39)38-26(23)30(33,34)35)13-16-11-20(36)25(21(37)12-16)43-14-15-3-7-18(31)8-4-15/h3-13,24H,2,14H2,1H3/b22-13-/t24-/m1/s1. The number of benzene rings is 3. The van der Waals surface area contributed by atoms with Crippen molar-refractivity contribution in [2.24, 2.45) is 4.99 Å². The molecule has 6 nitrogen and oxygen atoms in total. The first-order valence-corrected chi connectivity index (χ1v) is 16.5. The number of carbonyl (C=O) groups excluding carboxylic acids is 1. The van der Waals surface area contributed by atoms with Crippen LogP contribution in [0.25, 0.3) is 6.08 Å². The average Bonchev–Trinajstić information content (AvgIpc) is 3.27. The zero-order valence-corrected chi connectivity index (χ0v) is 29.1. The maximum Gasteiger partial charge on any atom is 0.434 e. The lowest BCUT2D eigenvalue weighted by Gasteiger charge is -2.26. The maximum atomic E-state index is 14.3. The molecule has 1 atom stereocenters. The van der Waals surface area contributed by atoms with Crippen molar-refractivity contribution in [1.82, 2.24) is 4.57 Å². The molecule has 0 bridgehead atoms. The number of rotatable bonds is 7. The van der Waals surface area contributed by atoms with Crippen LogP contribution in [0.5, 0.6) is 5.75 Å². The van der Waals surface area contributed by atoms with E-state index in [2.05, 4.69) is 50.2 Å². The molecule has 44 heavy (non-hydrogen) atoms. The molecule has 0 amide bonds. The summed E-state index contributed by atoms with van der Waals surface area (Å²) in [4.78, 5) is 30.4. The van der Waals surface area contributed by atoms with E-state index in [0.29, 0.717) is 28.0 Å². The Bertz CT molecular complexity index is 1940. The van der Waals surface area contributed by atoms with Gasteiger partial charge in [0.1, 0.15) is 12.4 Å². The monoisotopic (exact) mass is 884 g/mol. The molecule has 1 aliphatic heterocycles. The van der Waals surface area contributed by atoms with Gasteiger partial charge < -0.3 is 9.47 Å². The summed E-state index contributed by atoms with van der Waals surface area (Å²) in [5.74, 6) is -0.563. The molecule has 1 aromatic heterocycles. The van der Waals surface area contributed by atoms with Crippen molar-refractivity contribution in [2.75, 3.05) is 6.61 Å². The summed E-state index contributed by atoms with van der Waals surface area (Å²) in [5.41, 5.74) is -0.978. The Morgan fingerprint density at radius 3 is 2.20 bits per heavy atom. The lowest BCUT2D eigenvalue weighted by Crippen LogP contribution is -2.41. The summed E-state index contributed by atoms with van der Waals surface area (Å²) in [6.45, 7) is 1.63. The molecule has 0 fully saturated rings. The summed E-state index contributed by atoms with van der Waals surface area (Å²) in [7, 11) is 0. The topological polar surface area (TPSA) is 69.9 Å². The number of thiazole rings is 1. The number of carbonyl (C=O) groups is 1. The minimum atomic E-state index is -4.99. The fourth-order valence-corrected chi connectivity index (χ4v) is 7.87. The van der Waals surface area contributed by atoms with Gasteiger partial charge in [-0.1, -0.05) is 58.8 Å². The highest BCUT2D eigenvalue weighted by Gasteiger charge is 2.45. The number of hydrogen-bond donors (Lipinski definition) is 0. The first-order valence-electron chi connectivity index (χ1n) is 12.8. The number of hydrogen-bond acceptors (Lipinski definition) is 6. The van der Waals surface area contributed by atoms with Crippen molar-refractivity contribution in [3.8, 4) is 5.75 Å². The highest BCUT2D eigenvalue weighted by Crippen LogP contribution is 2.38. The molecule has 5 rings (SSSR count). The third-order valence-corrected chi connectivity index (χ3v) is 9.48. The van der Waals surface area contributed by atoms with Gasteiger partial charge >= 0.3 is 12.1 Å². The molecule has 0 radical (unpaired) electrons. The fourth-order valence-electron chi connectivity index (χ4n) is 4.49. The molecule has 0 saturated heterocycles. The van der Waals surface area contributed by atoms with Crippen LogP contribution in [0.1, 0.15) is 29.7 Å². The molecular weight excluding hydrogens is 866 g/mol.